The predicted molar refractivity (Wildman–Crippen MR) is 85.6 cm³/mol. The lowest BCUT2D eigenvalue weighted by Crippen LogP contribution is -2.20. The van der Waals surface area contributed by atoms with Gasteiger partial charge in [-0.05, 0) is 36.5 Å². The van der Waals surface area contributed by atoms with E-state index in [1.165, 1.54) is 6.07 Å². The van der Waals surface area contributed by atoms with Crippen LogP contribution in [-0.2, 0) is 17.5 Å². The molecule has 1 fully saturated rings. The summed E-state index contributed by atoms with van der Waals surface area (Å²) in [7, 11) is 0. The number of halogens is 4. The topological polar surface area (TPSA) is 53.1 Å². The summed E-state index contributed by atoms with van der Waals surface area (Å²) in [5.41, 5.74) is 5.00. The number of hydrogen-bond acceptors (Lipinski definition) is 3. The van der Waals surface area contributed by atoms with E-state index in [4.69, 9.17) is 22.1 Å². The molecule has 3 rings (SSSR count). The van der Waals surface area contributed by atoms with Crippen LogP contribution in [0.1, 0.15) is 18.4 Å². The minimum absolute atomic E-state index is 0.114. The smallest absolute Gasteiger partial charge is 0.397 e. The fourth-order valence-electron chi connectivity index (χ4n) is 2.83. The Hall–Kier alpha value is -1.73. The zero-order chi connectivity index (χ0) is 17.3. The molecule has 0 saturated carbocycles. The number of alkyl halides is 3. The Balaban J connectivity index is 1.85. The molecule has 1 aliphatic rings. The van der Waals surface area contributed by atoms with Crippen molar-refractivity contribution >= 4 is 17.3 Å². The zero-order valence-corrected chi connectivity index (χ0v) is 13.6. The summed E-state index contributed by atoms with van der Waals surface area (Å²) in [6.45, 7) is 2.20. The molecule has 1 aromatic heterocycles. The average molecular weight is 360 g/mol. The summed E-state index contributed by atoms with van der Waals surface area (Å²) >= 11 is 5.87. The third-order valence-corrected chi connectivity index (χ3v) is 4.50. The number of rotatable bonds is 3. The molecule has 2 heterocycles. The standard InChI is InChI=1S/C16H17ClF3N3O/c17-14-6-11(5-13(15(14)21)16(18,19)20)12-7-22-23(9-12)8-10-1-3-24-4-2-10/h5-7,9-10H,1-4,8,21H2. The van der Waals surface area contributed by atoms with Crippen molar-refractivity contribution in [1.29, 1.82) is 0 Å². The van der Waals surface area contributed by atoms with Gasteiger partial charge in [0.2, 0.25) is 0 Å². The van der Waals surface area contributed by atoms with E-state index in [1.807, 2.05) is 0 Å². The van der Waals surface area contributed by atoms with Crippen molar-refractivity contribution in [1.82, 2.24) is 9.78 Å². The van der Waals surface area contributed by atoms with Crippen LogP contribution in [-0.4, -0.2) is 23.0 Å². The van der Waals surface area contributed by atoms with Gasteiger partial charge in [0.05, 0.1) is 22.5 Å². The van der Waals surface area contributed by atoms with Crippen LogP contribution in [0.2, 0.25) is 5.02 Å². The van der Waals surface area contributed by atoms with Crippen molar-refractivity contribution in [2.75, 3.05) is 18.9 Å². The molecule has 0 bridgehead atoms. The van der Waals surface area contributed by atoms with Crippen LogP contribution in [0.5, 0.6) is 0 Å². The minimum Gasteiger partial charge on any atom is -0.397 e. The van der Waals surface area contributed by atoms with Crippen LogP contribution in [0.25, 0.3) is 11.1 Å². The summed E-state index contributed by atoms with van der Waals surface area (Å²) in [6, 6.07) is 2.44. The molecule has 130 valence electrons. The van der Waals surface area contributed by atoms with Crippen LogP contribution in [0.4, 0.5) is 18.9 Å². The Morgan fingerprint density at radius 2 is 1.96 bits per heavy atom. The van der Waals surface area contributed by atoms with Gasteiger partial charge in [0, 0.05) is 31.5 Å². The van der Waals surface area contributed by atoms with E-state index in [0.29, 0.717) is 17.0 Å². The van der Waals surface area contributed by atoms with Crippen molar-refractivity contribution in [2.24, 2.45) is 5.92 Å². The fourth-order valence-corrected chi connectivity index (χ4v) is 3.04. The van der Waals surface area contributed by atoms with E-state index in [9.17, 15) is 13.2 Å². The third kappa shape index (κ3) is 3.67. The first kappa shape index (κ1) is 17.1. The first-order valence-corrected chi connectivity index (χ1v) is 7.99. The van der Waals surface area contributed by atoms with E-state index in [-0.39, 0.29) is 5.02 Å². The van der Waals surface area contributed by atoms with Crippen molar-refractivity contribution in [3.05, 3.63) is 35.1 Å². The summed E-state index contributed by atoms with van der Waals surface area (Å²) < 4.78 is 46.3. The Morgan fingerprint density at radius 1 is 1.25 bits per heavy atom. The molecule has 2 aromatic rings. The number of benzene rings is 1. The molecule has 1 aliphatic heterocycles. The van der Waals surface area contributed by atoms with Crippen molar-refractivity contribution in [2.45, 2.75) is 25.6 Å². The zero-order valence-electron chi connectivity index (χ0n) is 12.8. The van der Waals surface area contributed by atoms with E-state index in [1.54, 1.807) is 17.1 Å². The molecule has 0 radical (unpaired) electrons. The molecule has 0 amide bonds. The number of nitrogen functional groups attached to an aromatic ring is 1. The molecule has 0 spiro atoms. The Bertz CT molecular complexity index is 724. The van der Waals surface area contributed by atoms with Crippen LogP contribution in [0, 0.1) is 5.92 Å². The number of aromatic nitrogens is 2. The molecule has 0 atom stereocenters. The highest BCUT2D eigenvalue weighted by Crippen LogP contribution is 2.40. The predicted octanol–water partition coefficient (Wildman–Crippen LogP) is 4.23. The van der Waals surface area contributed by atoms with E-state index >= 15 is 0 Å². The molecule has 1 aromatic carbocycles. The van der Waals surface area contributed by atoms with Gasteiger partial charge >= 0.3 is 6.18 Å². The molecular formula is C16H17ClF3N3O. The third-order valence-electron chi connectivity index (χ3n) is 4.19. The summed E-state index contributed by atoms with van der Waals surface area (Å²) in [5, 5.41) is 4.14. The Morgan fingerprint density at radius 3 is 2.62 bits per heavy atom. The Kier molecular flexibility index (Phi) is 4.73. The lowest BCUT2D eigenvalue weighted by Gasteiger charge is -2.21. The first-order valence-electron chi connectivity index (χ1n) is 7.61. The van der Waals surface area contributed by atoms with E-state index in [0.717, 1.165) is 38.7 Å². The van der Waals surface area contributed by atoms with Crippen molar-refractivity contribution < 1.29 is 17.9 Å². The second kappa shape index (κ2) is 6.64. The maximum Gasteiger partial charge on any atom is 0.418 e. The maximum absolute atomic E-state index is 13.1. The quantitative estimate of drug-likeness (QED) is 0.834. The molecule has 1 saturated heterocycles. The fraction of sp³-hybridized carbons (Fsp3) is 0.438. The van der Waals surface area contributed by atoms with Crippen LogP contribution < -0.4 is 5.73 Å². The summed E-state index contributed by atoms with van der Waals surface area (Å²) in [6.07, 6.45) is 0.642. The highest BCUT2D eigenvalue weighted by atomic mass is 35.5. The van der Waals surface area contributed by atoms with Gasteiger partial charge in [-0.1, -0.05) is 11.6 Å². The number of anilines is 1. The first-order chi connectivity index (χ1) is 11.3. The second-order valence-corrected chi connectivity index (χ2v) is 6.33. The molecule has 24 heavy (non-hydrogen) atoms. The van der Waals surface area contributed by atoms with Crippen molar-refractivity contribution in [3.63, 3.8) is 0 Å². The van der Waals surface area contributed by atoms with Gasteiger partial charge in [0.15, 0.2) is 0 Å². The molecule has 0 unspecified atom stereocenters. The van der Waals surface area contributed by atoms with Gasteiger partial charge in [-0.15, -0.1) is 0 Å². The molecule has 4 nitrogen and oxygen atoms in total. The van der Waals surface area contributed by atoms with Crippen LogP contribution >= 0.6 is 11.6 Å². The average Bonchev–Trinajstić information content (AvgIpc) is 2.98. The largest absolute Gasteiger partial charge is 0.418 e. The monoisotopic (exact) mass is 359 g/mol. The lowest BCUT2D eigenvalue weighted by atomic mass is 10.0. The number of nitrogens with two attached hydrogens (primary N) is 1. The maximum atomic E-state index is 13.1. The van der Waals surface area contributed by atoms with Crippen molar-refractivity contribution in [3.8, 4) is 11.1 Å². The summed E-state index contributed by atoms with van der Waals surface area (Å²) in [5.74, 6) is 0.465. The van der Waals surface area contributed by atoms with Crippen LogP contribution in [0.3, 0.4) is 0 Å². The number of ether oxygens (including phenoxy) is 1. The number of hydrogen-bond donors (Lipinski definition) is 1. The van der Waals surface area contributed by atoms with Crippen LogP contribution in [0.15, 0.2) is 24.5 Å². The van der Waals surface area contributed by atoms with Gasteiger partial charge in [0.1, 0.15) is 0 Å². The van der Waals surface area contributed by atoms with Gasteiger partial charge < -0.3 is 10.5 Å². The lowest BCUT2D eigenvalue weighted by molar-refractivity contribution is -0.136. The Labute approximate surface area is 142 Å². The minimum atomic E-state index is -4.55. The van der Waals surface area contributed by atoms with Gasteiger partial charge in [-0.2, -0.15) is 18.3 Å². The second-order valence-electron chi connectivity index (χ2n) is 5.92. The molecule has 0 aliphatic carbocycles. The van der Waals surface area contributed by atoms with E-state index < -0.39 is 17.4 Å². The van der Waals surface area contributed by atoms with Gasteiger partial charge in [-0.3, -0.25) is 4.68 Å². The van der Waals surface area contributed by atoms with Gasteiger partial charge in [0.25, 0.3) is 0 Å². The van der Waals surface area contributed by atoms with Gasteiger partial charge in [-0.25, -0.2) is 0 Å². The highest BCUT2D eigenvalue weighted by molar-refractivity contribution is 6.33. The molecule has 2 N–H and O–H groups in total. The molecular weight excluding hydrogens is 343 g/mol. The number of nitrogens with zero attached hydrogens (tertiary/aromatic N) is 2. The molecule has 8 heteroatoms. The van der Waals surface area contributed by atoms with E-state index in [2.05, 4.69) is 5.10 Å². The highest BCUT2D eigenvalue weighted by Gasteiger charge is 2.34. The SMILES string of the molecule is Nc1c(Cl)cc(-c2cnn(CC3CCOCC3)c2)cc1C(F)(F)F. The normalized spacial score (nSPS) is 16.5. The summed E-state index contributed by atoms with van der Waals surface area (Å²) in [4.78, 5) is 0.